The fourth-order valence-corrected chi connectivity index (χ4v) is 3.29. The number of likely N-dealkylation sites (tertiary alicyclic amines) is 1. The second-order valence-electron chi connectivity index (χ2n) is 7.02. The predicted molar refractivity (Wildman–Crippen MR) is 106 cm³/mol. The van der Waals surface area contributed by atoms with Crippen molar-refractivity contribution in [2.75, 3.05) is 26.2 Å². The summed E-state index contributed by atoms with van der Waals surface area (Å²) in [5.41, 5.74) is 1.26. The Morgan fingerprint density at radius 3 is 2.50 bits per heavy atom. The number of nitrogens with zero attached hydrogens (tertiary/aromatic N) is 2. The van der Waals surface area contributed by atoms with Gasteiger partial charge in [-0.1, -0.05) is 18.2 Å². The number of carbonyl (C=O) groups excluding carboxylic acids is 1. The molecule has 0 aromatic heterocycles. The Bertz CT molecular complexity index is 794. The first-order valence-corrected chi connectivity index (χ1v) is 9.53. The van der Waals surface area contributed by atoms with Crippen LogP contribution in [0.4, 0.5) is 0 Å². The highest BCUT2D eigenvalue weighted by Gasteiger charge is 2.22. The third-order valence-electron chi connectivity index (χ3n) is 4.85. The molecule has 1 aliphatic heterocycles. The first kappa shape index (κ1) is 19.9. The number of hydrogen-bond acceptors (Lipinski definition) is 5. The Labute approximate surface area is 165 Å². The number of amides is 1. The summed E-state index contributed by atoms with van der Waals surface area (Å²) in [6, 6.07) is 18.3. The molecule has 0 radical (unpaired) electrons. The first-order chi connectivity index (χ1) is 13.6. The van der Waals surface area contributed by atoms with Gasteiger partial charge < -0.3 is 20.1 Å². The summed E-state index contributed by atoms with van der Waals surface area (Å²) >= 11 is 0. The van der Waals surface area contributed by atoms with Crippen LogP contribution in [0.5, 0.6) is 5.75 Å². The highest BCUT2D eigenvalue weighted by molar-refractivity contribution is 5.94. The number of β-amino-alcohol motifs (C(OH)–C–C–N with tert-alkyl or cyclic N) is 1. The maximum atomic E-state index is 12.2. The second kappa shape index (κ2) is 9.88. The lowest BCUT2D eigenvalue weighted by atomic mass is 10.0. The summed E-state index contributed by atoms with van der Waals surface area (Å²) in [6.45, 7) is 2.40. The minimum Gasteiger partial charge on any atom is -0.491 e. The van der Waals surface area contributed by atoms with Gasteiger partial charge in [-0.05, 0) is 49.2 Å². The third-order valence-corrected chi connectivity index (χ3v) is 4.85. The molecular weight excluding hydrogens is 354 g/mol. The van der Waals surface area contributed by atoms with Crippen molar-refractivity contribution in [1.29, 1.82) is 5.26 Å². The monoisotopic (exact) mass is 379 g/mol. The number of hydrogen-bond donors (Lipinski definition) is 2. The van der Waals surface area contributed by atoms with E-state index < -0.39 is 6.10 Å². The SMILES string of the molecule is N#Cc1ccc(OCC(O)CN2CCC(NC(=O)c3ccccc3)CC2)cc1. The maximum Gasteiger partial charge on any atom is 0.251 e. The molecule has 1 amide bonds. The van der Waals surface area contributed by atoms with Crippen molar-refractivity contribution in [3.8, 4) is 11.8 Å². The lowest BCUT2D eigenvalue weighted by Crippen LogP contribution is -2.47. The molecule has 1 fully saturated rings. The van der Waals surface area contributed by atoms with Gasteiger partial charge in [-0.3, -0.25) is 4.79 Å². The Kier molecular flexibility index (Phi) is 7.01. The van der Waals surface area contributed by atoms with E-state index in [1.165, 1.54) is 0 Å². The van der Waals surface area contributed by atoms with E-state index >= 15 is 0 Å². The smallest absolute Gasteiger partial charge is 0.251 e. The minimum absolute atomic E-state index is 0.0325. The number of aliphatic hydroxyl groups is 1. The van der Waals surface area contributed by atoms with Crippen molar-refractivity contribution in [2.24, 2.45) is 0 Å². The number of ether oxygens (including phenoxy) is 1. The molecule has 1 heterocycles. The Balaban J connectivity index is 1.36. The van der Waals surface area contributed by atoms with Crippen molar-refractivity contribution in [1.82, 2.24) is 10.2 Å². The molecule has 2 aromatic rings. The highest BCUT2D eigenvalue weighted by atomic mass is 16.5. The zero-order valence-electron chi connectivity index (χ0n) is 15.8. The number of nitrogens with one attached hydrogen (secondary N) is 1. The molecule has 0 aliphatic carbocycles. The van der Waals surface area contributed by atoms with Gasteiger partial charge in [0.1, 0.15) is 18.5 Å². The van der Waals surface area contributed by atoms with Gasteiger partial charge in [-0.25, -0.2) is 0 Å². The van der Waals surface area contributed by atoms with E-state index in [2.05, 4.69) is 16.3 Å². The van der Waals surface area contributed by atoms with Gasteiger partial charge in [0.15, 0.2) is 0 Å². The van der Waals surface area contributed by atoms with Crippen LogP contribution in [0, 0.1) is 11.3 Å². The van der Waals surface area contributed by atoms with Gasteiger partial charge in [-0.2, -0.15) is 5.26 Å². The summed E-state index contributed by atoms with van der Waals surface area (Å²) in [5.74, 6) is 0.607. The molecule has 28 heavy (non-hydrogen) atoms. The number of aliphatic hydroxyl groups excluding tert-OH is 1. The van der Waals surface area contributed by atoms with Crippen LogP contribution in [0.3, 0.4) is 0 Å². The largest absolute Gasteiger partial charge is 0.491 e. The van der Waals surface area contributed by atoms with Crippen molar-refractivity contribution in [2.45, 2.75) is 25.0 Å². The van der Waals surface area contributed by atoms with E-state index in [1.807, 2.05) is 30.3 Å². The lowest BCUT2D eigenvalue weighted by Gasteiger charge is -2.33. The summed E-state index contributed by atoms with van der Waals surface area (Å²) < 4.78 is 5.59. The molecule has 2 aromatic carbocycles. The van der Waals surface area contributed by atoms with Gasteiger partial charge in [0, 0.05) is 31.2 Å². The molecule has 0 spiro atoms. The summed E-state index contributed by atoms with van der Waals surface area (Å²) in [7, 11) is 0. The van der Waals surface area contributed by atoms with Crippen molar-refractivity contribution in [3.05, 3.63) is 65.7 Å². The molecule has 1 atom stereocenters. The van der Waals surface area contributed by atoms with Crippen LogP contribution in [0.25, 0.3) is 0 Å². The van der Waals surface area contributed by atoms with Crippen LogP contribution < -0.4 is 10.1 Å². The van der Waals surface area contributed by atoms with E-state index in [-0.39, 0.29) is 18.6 Å². The first-order valence-electron chi connectivity index (χ1n) is 9.53. The summed E-state index contributed by atoms with van der Waals surface area (Å²) in [4.78, 5) is 14.4. The van der Waals surface area contributed by atoms with E-state index in [0.29, 0.717) is 23.4 Å². The topological polar surface area (TPSA) is 85.6 Å². The number of nitriles is 1. The standard InChI is InChI=1S/C22H25N3O3/c23-14-17-6-8-21(9-7-17)28-16-20(26)15-25-12-10-19(11-13-25)24-22(27)18-4-2-1-3-5-18/h1-9,19-20,26H,10-13,15-16H2,(H,24,27). The number of piperidine rings is 1. The van der Waals surface area contributed by atoms with Gasteiger partial charge in [-0.15, -0.1) is 0 Å². The average Bonchev–Trinajstić information content (AvgIpc) is 2.74. The van der Waals surface area contributed by atoms with Crippen LogP contribution in [0.1, 0.15) is 28.8 Å². The van der Waals surface area contributed by atoms with Crippen molar-refractivity contribution >= 4 is 5.91 Å². The number of carbonyl (C=O) groups is 1. The average molecular weight is 379 g/mol. The van der Waals surface area contributed by atoms with Crippen LogP contribution in [-0.4, -0.2) is 54.3 Å². The van der Waals surface area contributed by atoms with Crippen LogP contribution in [0.15, 0.2) is 54.6 Å². The Morgan fingerprint density at radius 2 is 1.86 bits per heavy atom. The minimum atomic E-state index is -0.592. The molecule has 6 nitrogen and oxygen atoms in total. The van der Waals surface area contributed by atoms with E-state index in [9.17, 15) is 9.90 Å². The Hall–Kier alpha value is -2.88. The normalized spacial score (nSPS) is 16.1. The predicted octanol–water partition coefficient (Wildman–Crippen LogP) is 2.19. The van der Waals surface area contributed by atoms with E-state index in [4.69, 9.17) is 10.00 Å². The maximum absolute atomic E-state index is 12.2. The fraction of sp³-hybridized carbons (Fsp3) is 0.364. The molecule has 1 saturated heterocycles. The highest BCUT2D eigenvalue weighted by Crippen LogP contribution is 2.14. The van der Waals surface area contributed by atoms with E-state index in [0.717, 1.165) is 25.9 Å². The molecule has 3 rings (SSSR count). The van der Waals surface area contributed by atoms with E-state index in [1.54, 1.807) is 24.3 Å². The number of rotatable bonds is 7. The van der Waals surface area contributed by atoms with Gasteiger partial charge in [0.05, 0.1) is 11.6 Å². The quantitative estimate of drug-likeness (QED) is 0.770. The second-order valence-corrected chi connectivity index (χ2v) is 7.02. The van der Waals surface area contributed by atoms with Gasteiger partial charge >= 0.3 is 0 Å². The molecule has 6 heteroatoms. The van der Waals surface area contributed by atoms with Crippen LogP contribution in [0.2, 0.25) is 0 Å². The molecule has 0 saturated carbocycles. The lowest BCUT2D eigenvalue weighted by molar-refractivity contribution is 0.0568. The molecule has 1 unspecified atom stereocenters. The van der Waals surface area contributed by atoms with Crippen LogP contribution >= 0.6 is 0 Å². The Morgan fingerprint density at radius 1 is 1.18 bits per heavy atom. The molecule has 146 valence electrons. The van der Waals surface area contributed by atoms with Crippen LogP contribution in [-0.2, 0) is 0 Å². The fourth-order valence-electron chi connectivity index (χ4n) is 3.29. The molecule has 0 bridgehead atoms. The zero-order valence-corrected chi connectivity index (χ0v) is 15.8. The summed E-state index contributed by atoms with van der Waals surface area (Å²) in [6.07, 6.45) is 1.13. The molecule has 2 N–H and O–H groups in total. The summed E-state index contributed by atoms with van der Waals surface area (Å²) in [5, 5.41) is 22.1. The zero-order chi connectivity index (χ0) is 19.8. The third kappa shape index (κ3) is 5.81. The molecule has 1 aliphatic rings. The van der Waals surface area contributed by atoms with Gasteiger partial charge in [0.2, 0.25) is 0 Å². The van der Waals surface area contributed by atoms with Crippen molar-refractivity contribution < 1.29 is 14.6 Å². The number of benzene rings is 2. The van der Waals surface area contributed by atoms with Gasteiger partial charge in [0.25, 0.3) is 5.91 Å². The van der Waals surface area contributed by atoms with Crippen molar-refractivity contribution in [3.63, 3.8) is 0 Å². The molecular formula is C22H25N3O3.